The van der Waals surface area contributed by atoms with Gasteiger partial charge in [0.2, 0.25) is 0 Å². The van der Waals surface area contributed by atoms with Crippen LogP contribution in [0.25, 0.3) is 0 Å². The molecule has 2 unspecified atom stereocenters. The topological polar surface area (TPSA) is 35.8 Å². The summed E-state index contributed by atoms with van der Waals surface area (Å²) in [6.45, 7) is 2.07. The van der Waals surface area contributed by atoms with Crippen molar-refractivity contribution >= 4 is 17.4 Å². The van der Waals surface area contributed by atoms with Crippen LogP contribution in [0.15, 0.2) is 24.3 Å². The van der Waals surface area contributed by atoms with Crippen LogP contribution in [0.4, 0.5) is 5.69 Å². The monoisotopic (exact) mass is 232 g/mol. The van der Waals surface area contributed by atoms with E-state index in [0.29, 0.717) is 5.92 Å². The first-order chi connectivity index (χ1) is 7.79. The SMILES string of the molecule is Cc1ccc(NC(C#N)C2CCSC2)cc1. The number of anilines is 1. The molecule has 1 heterocycles. The van der Waals surface area contributed by atoms with E-state index >= 15 is 0 Å². The maximum atomic E-state index is 9.18. The van der Waals surface area contributed by atoms with E-state index in [-0.39, 0.29) is 6.04 Å². The second-order valence-corrected chi connectivity index (χ2v) is 5.39. The third-order valence-corrected chi connectivity index (χ3v) is 4.14. The van der Waals surface area contributed by atoms with Crippen molar-refractivity contribution in [2.24, 2.45) is 5.92 Å². The molecular formula is C13H16N2S. The largest absolute Gasteiger partial charge is 0.370 e. The lowest BCUT2D eigenvalue weighted by molar-refractivity contribution is 0.565. The minimum atomic E-state index is -0.0438. The maximum Gasteiger partial charge on any atom is 0.118 e. The lowest BCUT2D eigenvalue weighted by Gasteiger charge is -2.18. The molecule has 0 bridgehead atoms. The normalized spacial score (nSPS) is 21.4. The Kier molecular flexibility index (Phi) is 3.74. The van der Waals surface area contributed by atoms with Crippen LogP contribution in [0.3, 0.4) is 0 Å². The van der Waals surface area contributed by atoms with Crippen LogP contribution in [0, 0.1) is 24.2 Å². The van der Waals surface area contributed by atoms with E-state index in [1.165, 1.54) is 11.3 Å². The Morgan fingerprint density at radius 2 is 2.19 bits per heavy atom. The average molecular weight is 232 g/mol. The molecular weight excluding hydrogens is 216 g/mol. The predicted molar refractivity (Wildman–Crippen MR) is 69.6 cm³/mol. The Hall–Kier alpha value is -1.14. The number of hydrogen-bond donors (Lipinski definition) is 1. The Balaban J connectivity index is 2.01. The fourth-order valence-electron chi connectivity index (χ4n) is 1.90. The summed E-state index contributed by atoms with van der Waals surface area (Å²) in [7, 11) is 0. The zero-order valence-electron chi connectivity index (χ0n) is 9.44. The van der Waals surface area contributed by atoms with Gasteiger partial charge in [-0.1, -0.05) is 17.7 Å². The van der Waals surface area contributed by atoms with E-state index < -0.39 is 0 Å². The highest BCUT2D eigenvalue weighted by atomic mass is 32.2. The highest BCUT2D eigenvalue weighted by Crippen LogP contribution is 2.27. The molecule has 84 valence electrons. The fourth-order valence-corrected chi connectivity index (χ4v) is 3.20. The summed E-state index contributed by atoms with van der Waals surface area (Å²) >= 11 is 1.95. The van der Waals surface area contributed by atoms with Crippen LogP contribution in [-0.2, 0) is 0 Å². The van der Waals surface area contributed by atoms with Crippen molar-refractivity contribution in [1.29, 1.82) is 5.26 Å². The lowest BCUT2D eigenvalue weighted by Crippen LogP contribution is -2.27. The highest BCUT2D eigenvalue weighted by molar-refractivity contribution is 7.99. The summed E-state index contributed by atoms with van der Waals surface area (Å²) in [6, 6.07) is 10.6. The fraction of sp³-hybridized carbons (Fsp3) is 0.462. The third-order valence-electron chi connectivity index (χ3n) is 2.95. The van der Waals surface area contributed by atoms with E-state index in [9.17, 15) is 5.26 Å². The zero-order valence-corrected chi connectivity index (χ0v) is 10.3. The Morgan fingerprint density at radius 1 is 1.44 bits per heavy atom. The molecule has 0 saturated carbocycles. The second kappa shape index (κ2) is 5.27. The molecule has 2 rings (SSSR count). The van der Waals surface area contributed by atoms with Crippen molar-refractivity contribution in [2.75, 3.05) is 16.8 Å². The van der Waals surface area contributed by atoms with E-state index in [1.54, 1.807) is 0 Å². The van der Waals surface area contributed by atoms with Gasteiger partial charge in [-0.3, -0.25) is 0 Å². The summed E-state index contributed by atoms with van der Waals surface area (Å²) in [5.41, 5.74) is 2.30. The number of nitriles is 1. The molecule has 1 saturated heterocycles. The molecule has 1 N–H and O–H groups in total. The molecule has 1 aliphatic heterocycles. The van der Waals surface area contributed by atoms with Crippen LogP contribution >= 0.6 is 11.8 Å². The molecule has 1 aromatic carbocycles. The number of benzene rings is 1. The second-order valence-electron chi connectivity index (χ2n) is 4.24. The predicted octanol–water partition coefficient (Wildman–Crippen LogP) is 3.05. The highest BCUT2D eigenvalue weighted by Gasteiger charge is 2.25. The van der Waals surface area contributed by atoms with Gasteiger partial charge >= 0.3 is 0 Å². The van der Waals surface area contributed by atoms with Crippen LogP contribution in [0.1, 0.15) is 12.0 Å². The molecule has 0 aromatic heterocycles. The van der Waals surface area contributed by atoms with Crippen molar-refractivity contribution < 1.29 is 0 Å². The maximum absolute atomic E-state index is 9.18. The standard InChI is InChI=1S/C13H16N2S/c1-10-2-4-12(5-3-10)15-13(8-14)11-6-7-16-9-11/h2-5,11,13,15H,6-7,9H2,1H3. The van der Waals surface area contributed by atoms with Crippen molar-refractivity contribution in [3.8, 4) is 6.07 Å². The van der Waals surface area contributed by atoms with Gasteiger partial charge in [0.1, 0.15) is 6.04 Å². The van der Waals surface area contributed by atoms with Gasteiger partial charge in [0.25, 0.3) is 0 Å². The van der Waals surface area contributed by atoms with Gasteiger partial charge in [0, 0.05) is 11.6 Å². The molecule has 1 aliphatic rings. The van der Waals surface area contributed by atoms with Gasteiger partial charge in [-0.05, 0) is 37.0 Å². The molecule has 2 atom stereocenters. The summed E-state index contributed by atoms with van der Waals surface area (Å²) in [5, 5.41) is 12.5. The molecule has 3 heteroatoms. The van der Waals surface area contributed by atoms with Gasteiger partial charge in [0.05, 0.1) is 6.07 Å². The number of aryl methyl sites for hydroxylation is 1. The van der Waals surface area contributed by atoms with E-state index in [0.717, 1.165) is 17.9 Å². The molecule has 16 heavy (non-hydrogen) atoms. The Morgan fingerprint density at radius 3 is 2.75 bits per heavy atom. The number of thioether (sulfide) groups is 1. The number of hydrogen-bond acceptors (Lipinski definition) is 3. The number of rotatable bonds is 3. The van der Waals surface area contributed by atoms with Crippen LogP contribution in [-0.4, -0.2) is 17.5 Å². The average Bonchev–Trinajstić information content (AvgIpc) is 2.82. The van der Waals surface area contributed by atoms with Crippen LogP contribution < -0.4 is 5.32 Å². The molecule has 0 aliphatic carbocycles. The van der Waals surface area contributed by atoms with E-state index in [4.69, 9.17) is 0 Å². The molecule has 0 spiro atoms. The first-order valence-corrected chi connectivity index (χ1v) is 6.75. The van der Waals surface area contributed by atoms with Crippen molar-refractivity contribution in [1.82, 2.24) is 0 Å². The van der Waals surface area contributed by atoms with Crippen molar-refractivity contribution in [3.63, 3.8) is 0 Å². The Labute approximate surface area is 101 Å². The molecule has 1 fully saturated rings. The molecule has 1 aromatic rings. The smallest absolute Gasteiger partial charge is 0.118 e. The van der Waals surface area contributed by atoms with Gasteiger partial charge in [-0.15, -0.1) is 0 Å². The van der Waals surface area contributed by atoms with Crippen LogP contribution in [0.5, 0.6) is 0 Å². The van der Waals surface area contributed by atoms with Crippen molar-refractivity contribution in [2.45, 2.75) is 19.4 Å². The molecule has 0 amide bonds. The van der Waals surface area contributed by atoms with Gasteiger partial charge in [-0.25, -0.2) is 0 Å². The van der Waals surface area contributed by atoms with Gasteiger partial charge in [-0.2, -0.15) is 17.0 Å². The van der Waals surface area contributed by atoms with Gasteiger partial charge < -0.3 is 5.32 Å². The Bertz CT molecular complexity index is 374. The zero-order chi connectivity index (χ0) is 11.4. The van der Waals surface area contributed by atoms with Gasteiger partial charge in [0.15, 0.2) is 0 Å². The summed E-state index contributed by atoms with van der Waals surface area (Å²) in [4.78, 5) is 0. The summed E-state index contributed by atoms with van der Waals surface area (Å²) in [6.07, 6.45) is 1.15. The minimum Gasteiger partial charge on any atom is -0.370 e. The van der Waals surface area contributed by atoms with E-state index in [2.05, 4.69) is 30.4 Å². The number of nitrogens with one attached hydrogen (secondary N) is 1. The van der Waals surface area contributed by atoms with E-state index in [1.807, 2.05) is 23.9 Å². The molecule has 0 radical (unpaired) electrons. The quantitative estimate of drug-likeness (QED) is 0.870. The summed E-state index contributed by atoms with van der Waals surface area (Å²) < 4.78 is 0. The van der Waals surface area contributed by atoms with Crippen LogP contribution in [0.2, 0.25) is 0 Å². The number of nitrogens with zero attached hydrogens (tertiary/aromatic N) is 1. The lowest BCUT2D eigenvalue weighted by atomic mass is 10.00. The molecule has 2 nitrogen and oxygen atoms in total. The van der Waals surface area contributed by atoms with Crippen molar-refractivity contribution in [3.05, 3.63) is 29.8 Å². The first kappa shape index (κ1) is 11.3. The third kappa shape index (κ3) is 2.70. The summed E-state index contributed by atoms with van der Waals surface area (Å²) in [5.74, 6) is 2.80. The minimum absolute atomic E-state index is 0.0438. The first-order valence-electron chi connectivity index (χ1n) is 5.60.